The van der Waals surface area contributed by atoms with E-state index in [0.717, 1.165) is 10.8 Å². The summed E-state index contributed by atoms with van der Waals surface area (Å²) in [6.07, 6.45) is 3.33. The molecule has 8 heteroatoms. The van der Waals surface area contributed by atoms with E-state index in [1.165, 1.54) is 0 Å². The number of rotatable bonds is 3. The van der Waals surface area contributed by atoms with Crippen LogP contribution < -0.4 is 5.32 Å². The Morgan fingerprint density at radius 1 is 1.25 bits per heavy atom. The largest absolute Gasteiger partial charge is 0.311 e. The Morgan fingerprint density at radius 3 is 2.71 bits per heavy atom. The number of fused-ring (bicyclic) bond motifs is 1. The Morgan fingerprint density at radius 2 is 2.00 bits per heavy atom. The first-order chi connectivity index (χ1) is 10.5. The first-order valence-corrected chi connectivity index (χ1v) is 9.00. The molecule has 0 amide bonds. The van der Waals surface area contributed by atoms with E-state index in [1.807, 2.05) is 6.07 Å². The van der Waals surface area contributed by atoms with Crippen LogP contribution in [0.25, 0.3) is 10.8 Å². The molecule has 0 aliphatic carbocycles. The molecule has 5 nitrogen and oxygen atoms in total. The average Bonchev–Trinajstić information content (AvgIpc) is 2.54. The van der Waals surface area contributed by atoms with Gasteiger partial charge in [-0.25, -0.2) is 8.42 Å². The van der Waals surface area contributed by atoms with Crippen LogP contribution in [0.2, 0.25) is 0 Å². The van der Waals surface area contributed by atoms with Gasteiger partial charge in [0.05, 0.1) is 4.90 Å². The molecule has 3 rings (SSSR count). The van der Waals surface area contributed by atoms with E-state index in [1.54, 1.807) is 34.9 Å². The van der Waals surface area contributed by atoms with Gasteiger partial charge >= 0.3 is 0 Å². The summed E-state index contributed by atoms with van der Waals surface area (Å²) in [6, 6.07) is 7.31. The lowest BCUT2D eigenvalue weighted by atomic mass is 10.0. The Kier molecular flexibility index (Phi) is 7.44. The fraction of sp³-hybridized carbons (Fsp3) is 0.438. The van der Waals surface area contributed by atoms with Crippen molar-refractivity contribution in [2.24, 2.45) is 5.92 Å². The third-order valence-corrected chi connectivity index (χ3v) is 6.15. The van der Waals surface area contributed by atoms with Crippen molar-refractivity contribution in [3.05, 3.63) is 36.7 Å². The van der Waals surface area contributed by atoms with Crippen molar-refractivity contribution >= 4 is 45.6 Å². The van der Waals surface area contributed by atoms with E-state index in [2.05, 4.69) is 24.1 Å². The Labute approximate surface area is 155 Å². The maximum atomic E-state index is 13.0. The number of benzene rings is 1. The second-order valence-electron chi connectivity index (χ2n) is 6.02. The number of nitrogens with zero attached hydrogens (tertiary/aromatic N) is 2. The predicted octanol–water partition coefficient (Wildman–Crippen LogP) is 2.70. The summed E-state index contributed by atoms with van der Waals surface area (Å²) < 4.78 is 27.7. The number of aromatic nitrogens is 1. The van der Waals surface area contributed by atoms with Gasteiger partial charge in [-0.15, -0.1) is 24.8 Å². The van der Waals surface area contributed by atoms with Gasteiger partial charge in [0.25, 0.3) is 0 Å². The topological polar surface area (TPSA) is 62.3 Å². The lowest BCUT2D eigenvalue weighted by molar-refractivity contribution is 0.256. The van der Waals surface area contributed by atoms with Crippen LogP contribution in [0, 0.1) is 5.92 Å². The Balaban J connectivity index is 0.00000144. The zero-order valence-electron chi connectivity index (χ0n) is 13.7. The average molecular weight is 392 g/mol. The van der Waals surface area contributed by atoms with Gasteiger partial charge in [0, 0.05) is 48.8 Å². The highest BCUT2D eigenvalue weighted by Gasteiger charge is 2.31. The number of halogens is 2. The van der Waals surface area contributed by atoms with Gasteiger partial charge in [0.1, 0.15) is 0 Å². The minimum atomic E-state index is -3.49. The highest BCUT2D eigenvalue weighted by molar-refractivity contribution is 7.89. The van der Waals surface area contributed by atoms with Gasteiger partial charge in [0.15, 0.2) is 0 Å². The van der Waals surface area contributed by atoms with Crippen LogP contribution in [0.5, 0.6) is 0 Å². The van der Waals surface area contributed by atoms with Gasteiger partial charge in [-0.3, -0.25) is 4.98 Å². The molecule has 1 aliphatic heterocycles. The third-order valence-electron chi connectivity index (χ3n) is 4.23. The van der Waals surface area contributed by atoms with E-state index in [0.29, 0.717) is 30.4 Å². The third kappa shape index (κ3) is 4.00. The van der Waals surface area contributed by atoms with Gasteiger partial charge in [-0.05, 0) is 18.1 Å². The first kappa shape index (κ1) is 21.1. The van der Waals surface area contributed by atoms with Gasteiger partial charge in [-0.1, -0.05) is 26.0 Å². The Bertz CT molecular complexity index is 778. The number of piperazine rings is 1. The molecule has 1 saturated heterocycles. The minimum absolute atomic E-state index is 0. The van der Waals surface area contributed by atoms with Gasteiger partial charge in [0.2, 0.25) is 10.0 Å². The quantitative estimate of drug-likeness (QED) is 0.873. The fourth-order valence-corrected chi connectivity index (χ4v) is 4.55. The predicted molar refractivity (Wildman–Crippen MR) is 102 cm³/mol. The molecule has 1 atom stereocenters. The molecule has 0 saturated carbocycles. The van der Waals surface area contributed by atoms with E-state index in [4.69, 9.17) is 0 Å². The lowest BCUT2D eigenvalue weighted by Crippen LogP contribution is -2.54. The zero-order chi connectivity index (χ0) is 15.7. The number of sulfonamides is 1. The molecular weight excluding hydrogens is 369 g/mol. The van der Waals surface area contributed by atoms with Crippen LogP contribution >= 0.6 is 24.8 Å². The summed E-state index contributed by atoms with van der Waals surface area (Å²) in [4.78, 5) is 4.44. The monoisotopic (exact) mass is 391 g/mol. The molecule has 1 fully saturated rings. The first-order valence-electron chi connectivity index (χ1n) is 7.56. The molecule has 2 aromatic rings. The molecule has 1 aromatic heterocycles. The Hall–Kier alpha value is -0.920. The summed E-state index contributed by atoms with van der Waals surface area (Å²) in [5.74, 6) is 0.398. The van der Waals surface area contributed by atoms with Crippen LogP contribution in [0.3, 0.4) is 0 Å². The molecule has 0 radical (unpaired) electrons. The standard InChI is InChI=1S/C16H21N3O2S.2ClH/c1-12(2)15-11-19(9-8-18-15)22(20,21)16-5-3-4-13-10-17-7-6-14(13)16;;/h3-7,10,12,15,18H,8-9,11H2,1-2H3;2*1H. The molecular formula is C16H23Cl2N3O2S. The van der Waals surface area contributed by atoms with Crippen LogP contribution in [0.1, 0.15) is 13.8 Å². The maximum absolute atomic E-state index is 13.0. The summed E-state index contributed by atoms with van der Waals surface area (Å²) in [5.41, 5.74) is 0. The molecule has 0 spiro atoms. The van der Waals surface area contributed by atoms with Crippen molar-refractivity contribution in [1.29, 1.82) is 0 Å². The SMILES string of the molecule is CC(C)C1CN(S(=O)(=O)c2cccc3cnccc23)CCN1.Cl.Cl. The van der Waals surface area contributed by atoms with Crippen LogP contribution in [-0.2, 0) is 10.0 Å². The van der Waals surface area contributed by atoms with Crippen LogP contribution in [0.15, 0.2) is 41.6 Å². The van der Waals surface area contributed by atoms with Crippen molar-refractivity contribution < 1.29 is 8.42 Å². The number of hydrogen-bond acceptors (Lipinski definition) is 4. The molecule has 0 bridgehead atoms. The normalized spacial score (nSPS) is 18.9. The number of pyridine rings is 1. The fourth-order valence-electron chi connectivity index (χ4n) is 2.87. The lowest BCUT2D eigenvalue weighted by Gasteiger charge is -2.35. The molecule has 1 aliphatic rings. The smallest absolute Gasteiger partial charge is 0.243 e. The number of hydrogen-bond donors (Lipinski definition) is 1. The molecule has 1 N–H and O–H groups in total. The van der Waals surface area contributed by atoms with E-state index >= 15 is 0 Å². The minimum Gasteiger partial charge on any atom is -0.311 e. The summed E-state index contributed by atoms with van der Waals surface area (Å²) in [7, 11) is -3.49. The second kappa shape index (κ2) is 8.45. The van der Waals surface area contributed by atoms with E-state index < -0.39 is 10.0 Å². The highest BCUT2D eigenvalue weighted by atomic mass is 35.5. The molecule has 134 valence electrons. The zero-order valence-corrected chi connectivity index (χ0v) is 16.1. The highest BCUT2D eigenvalue weighted by Crippen LogP contribution is 2.26. The van der Waals surface area contributed by atoms with Crippen LogP contribution in [-0.4, -0.2) is 43.4 Å². The summed E-state index contributed by atoms with van der Waals surface area (Å²) >= 11 is 0. The van der Waals surface area contributed by atoms with E-state index in [-0.39, 0.29) is 30.9 Å². The molecule has 24 heavy (non-hydrogen) atoms. The van der Waals surface area contributed by atoms with Crippen LogP contribution in [0.4, 0.5) is 0 Å². The van der Waals surface area contributed by atoms with Gasteiger partial charge in [-0.2, -0.15) is 4.31 Å². The molecule has 2 heterocycles. The second-order valence-corrected chi connectivity index (χ2v) is 7.93. The van der Waals surface area contributed by atoms with Crippen molar-refractivity contribution in [3.8, 4) is 0 Å². The van der Waals surface area contributed by atoms with E-state index in [9.17, 15) is 8.42 Å². The van der Waals surface area contributed by atoms with Crippen molar-refractivity contribution in [2.75, 3.05) is 19.6 Å². The molecule has 1 unspecified atom stereocenters. The van der Waals surface area contributed by atoms with Crippen molar-refractivity contribution in [2.45, 2.75) is 24.8 Å². The van der Waals surface area contributed by atoms with Crippen molar-refractivity contribution in [1.82, 2.24) is 14.6 Å². The maximum Gasteiger partial charge on any atom is 0.243 e. The van der Waals surface area contributed by atoms with Crippen molar-refractivity contribution in [3.63, 3.8) is 0 Å². The number of nitrogens with one attached hydrogen (secondary N) is 1. The molecule has 1 aromatic carbocycles. The summed E-state index contributed by atoms with van der Waals surface area (Å²) in [5, 5.41) is 4.97. The summed E-state index contributed by atoms with van der Waals surface area (Å²) in [6.45, 7) is 5.93. The van der Waals surface area contributed by atoms with Gasteiger partial charge < -0.3 is 5.32 Å².